The van der Waals surface area contributed by atoms with Gasteiger partial charge < -0.3 is 0 Å². The van der Waals surface area contributed by atoms with E-state index in [1.807, 2.05) is 0 Å². The SMILES string of the molecule is O=S1(=O)CCCN(S(=O)(=O)CCl)CC1. The summed E-state index contributed by atoms with van der Waals surface area (Å²) in [5.74, 6) is -0.0512. The zero-order valence-electron chi connectivity index (χ0n) is 7.52. The Morgan fingerprint density at radius 2 is 1.86 bits per heavy atom. The molecule has 14 heavy (non-hydrogen) atoms. The third-order valence-electron chi connectivity index (χ3n) is 2.05. The summed E-state index contributed by atoms with van der Waals surface area (Å²) in [7, 11) is -6.53. The third-order valence-corrected chi connectivity index (χ3v) is 6.02. The van der Waals surface area contributed by atoms with Gasteiger partial charge in [0.25, 0.3) is 0 Å². The van der Waals surface area contributed by atoms with Gasteiger partial charge in [0, 0.05) is 13.1 Å². The average molecular weight is 262 g/mol. The topological polar surface area (TPSA) is 71.5 Å². The van der Waals surface area contributed by atoms with Crippen LogP contribution in [-0.4, -0.2) is 50.9 Å². The van der Waals surface area contributed by atoms with Crippen molar-refractivity contribution < 1.29 is 16.8 Å². The molecule has 0 unspecified atom stereocenters. The van der Waals surface area contributed by atoms with Gasteiger partial charge in [-0.05, 0) is 6.42 Å². The summed E-state index contributed by atoms with van der Waals surface area (Å²) < 4.78 is 46.1. The molecule has 0 aromatic heterocycles. The van der Waals surface area contributed by atoms with Gasteiger partial charge in [0.1, 0.15) is 5.21 Å². The van der Waals surface area contributed by atoms with E-state index in [4.69, 9.17) is 11.6 Å². The highest BCUT2D eigenvalue weighted by Gasteiger charge is 2.26. The van der Waals surface area contributed by atoms with Crippen molar-refractivity contribution in [2.75, 3.05) is 29.8 Å². The molecule has 84 valence electrons. The summed E-state index contributed by atoms with van der Waals surface area (Å²) in [6, 6.07) is 0. The normalized spacial score (nSPS) is 24.4. The van der Waals surface area contributed by atoms with Crippen LogP contribution in [0.3, 0.4) is 0 Å². The lowest BCUT2D eigenvalue weighted by atomic mass is 10.5. The summed E-state index contributed by atoms with van der Waals surface area (Å²) in [5, 5.41) is -0.493. The first-order chi connectivity index (χ1) is 6.37. The molecule has 0 aromatic rings. The minimum Gasteiger partial charge on any atom is -0.229 e. The maximum absolute atomic E-state index is 11.3. The molecule has 1 heterocycles. The molecule has 1 rings (SSSR count). The minimum atomic E-state index is -3.46. The minimum absolute atomic E-state index is 0.0252. The number of nitrogens with zero attached hydrogens (tertiary/aromatic N) is 1. The summed E-state index contributed by atoms with van der Waals surface area (Å²) in [6.45, 7) is 0.270. The molecule has 8 heteroatoms. The Morgan fingerprint density at radius 1 is 1.21 bits per heavy atom. The Kier molecular flexibility index (Phi) is 3.79. The van der Waals surface area contributed by atoms with Crippen molar-refractivity contribution in [2.24, 2.45) is 0 Å². The molecule has 1 aliphatic rings. The first-order valence-corrected chi connectivity index (χ1v) is 8.08. The van der Waals surface area contributed by atoms with E-state index in [2.05, 4.69) is 0 Å². The van der Waals surface area contributed by atoms with Gasteiger partial charge in [0.2, 0.25) is 10.0 Å². The Morgan fingerprint density at radius 3 is 2.43 bits per heavy atom. The van der Waals surface area contributed by atoms with E-state index in [9.17, 15) is 16.8 Å². The molecule has 0 N–H and O–H groups in total. The molecule has 1 saturated heterocycles. The third kappa shape index (κ3) is 3.08. The van der Waals surface area contributed by atoms with Crippen LogP contribution in [-0.2, 0) is 19.9 Å². The van der Waals surface area contributed by atoms with E-state index in [1.54, 1.807) is 0 Å². The Hall–Kier alpha value is 0.150. The van der Waals surface area contributed by atoms with Crippen molar-refractivity contribution in [3.63, 3.8) is 0 Å². The fourth-order valence-electron chi connectivity index (χ4n) is 1.26. The maximum atomic E-state index is 11.3. The molecular formula is C6H12ClNO4S2. The fraction of sp³-hybridized carbons (Fsp3) is 1.00. The highest BCUT2D eigenvalue weighted by molar-refractivity contribution is 7.92. The molecule has 0 spiro atoms. The van der Waals surface area contributed by atoms with Gasteiger partial charge in [-0.1, -0.05) is 0 Å². The monoisotopic (exact) mass is 261 g/mol. The Balaban J connectivity index is 2.78. The summed E-state index contributed by atoms with van der Waals surface area (Å²) >= 11 is 5.27. The highest BCUT2D eigenvalue weighted by atomic mass is 35.5. The van der Waals surface area contributed by atoms with Crippen molar-refractivity contribution in [3.05, 3.63) is 0 Å². The van der Waals surface area contributed by atoms with Gasteiger partial charge in [-0.25, -0.2) is 16.8 Å². The number of hydrogen-bond acceptors (Lipinski definition) is 4. The molecule has 0 aliphatic carbocycles. The van der Waals surface area contributed by atoms with Crippen LogP contribution in [0.2, 0.25) is 0 Å². The van der Waals surface area contributed by atoms with Crippen LogP contribution < -0.4 is 0 Å². The maximum Gasteiger partial charge on any atom is 0.228 e. The first-order valence-electron chi connectivity index (χ1n) is 4.11. The van der Waals surface area contributed by atoms with Crippen molar-refractivity contribution >= 4 is 31.5 Å². The second-order valence-electron chi connectivity index (χ2n) is 3.13. The lowest BCUT2D eigenvalue weighted by Gasteiger charge is -2.16. The first kappa shape index (κ1) is 12.2. The largest absolute Gasteiger partial charge is 0.229 e. The average Bonchev–Trinajstić information content (AvgIpc) is 2.26. The summed E-state index contributed by atoms with van der Waals surface area (Å²) in [4.78, 5) is 0. The van der Waals surface area contributed by atoms with Crippen molar-refractivity contribution in [2.45, 2.75) is 6.42 Å². The van der Waals surface area contributed by atoms with Gasteiger partial charge in [0.15, 0.2) is 9.84 Å². The standard InChI is InChI=1S/C6H12ClNO4S2/c7-6-14(11,12)8-2-1-4-13(9,10)5-3-8/h1-6H2. The van der Waals surface area contributed by atoms with Crippen molar-refractivity contribution in [1.82, 2.24) is 4.31 Å². The molecule has 0 atom stereocenters. The Bertz CT molecular complexity index is 388. The quantitative estimate of drug-likeness (QED) is 0.636. The number of hydrogen-bond donors (Lipinski definition) is 0. The number of sulfone groups is 1. The van der Waals surface area contributed by atoms with E-state index >= 15 is 0 Å². The zero-order valence-corrected chi connectivity index (χ0v) is 9.91. The van der Waals surface area contributed by atoms with Crippen LogP contribution in [0.15, 0.2) is 0 Å². The van der Waals surface area contributed by atoms with E-state index in [-0.39, 0.29) is 24.6 Å². The molecule has 0 aromatic carbocycles. The molecule has 0 bridgehead atoms. The van der Waals surface area contributed by atoms with Crippen LogP contribution in [0.5, 0.6) is 0 Å². The summed E-state index contributed by atoms with van der Waals surface area (Å²) in [5.41, 5.74) is 0. The number of rotatable bonds is 2. The van der Waals surface area contributed by atoms with Gasteiger partial charge >= 0.3 is 0 Å². The molecular weight excluding hydrogens is 250 g/mol. The molecule has 1 aliphatic heterocycles. The molecule has 5 nitrogen and oxygen atoms in total. The lowest BCUT2D eigenvalue weighted by Crippen LogP contribution is -2.34. The van der Waals surface area contributed by atoms with Crippen LogP contribution >= 0.6 is 11.6 Å². The number of sulfonamides is 1. The zero-order chi connectivity index (χ0) is 10.8. The second-order valence-corrected chi connectivity index (χ2v) is 7.98. The predicted octanol–water partition coefficient (Wildman–Crippen LogP) is -0.367. The second kappa shape index (κ2) is 4.34. The lowest BCUT2D eigenvalue weighted by molar-refractivity contribution is 0.438. The number of halogens is 1. The van der Waals surface area contributed by atoms with Crippen LogP contribution in [0.25, 0.3) is 0 Å². The van der Waals surface area contributed by atoms with Crippen molar-refractivity contribution in [1.29, 1.82) is 0 Å². The van der Waals surface area contributed by atoms with Gasteiger partial charge in [-0.15, -0.1) is 11.6 Å². The van der Waals surface area contributed by atoms with E-state index in [1.165, 1.54) is 0 Å². The van der Waals surface area contributed by atoms with E-state index < -0.39 is 25.1 Å². The van der Waals surface area contributed by atoms with Crippen molar-refractivity contribution in [3.8, 4) is 0 Å². The fourth-order valence-corrected chi connectivity index (χ4v) is 3.98. The highest BCUT2D eigenvalue weighted by Crippen LogP contribution is 2.10. The predicted molar refractivity (Wildman–Crippen MR) is 54.5 cm³/mol. The molecule has 1 fully saturated rings. The molecule has 0 radical (unpaired) electrons. The van der Waals surface area contributed by atoms with Gasteiger partial charge in [-0.3, -0.25) is 0 Å². The van der Waals surface area contributed by atoms with Gasteiger partial charge in [0.05, 0.1) is 11.5 Å². The van der Waals surface area contributed by atoms with Crippen LogP contribution in [0.4, 0.5) is 0 Å². The molecule has 0 saturated carbocycles. The summed E-state index contributed by atoms with van der Waals surface area (Å²) in [6.07, 6.45) is 0.346. The van der Waals surface area contributed by atoms with E-state index in [0.29, 0.717) is 6.42 Å². The smallest absolute Gasteiger partial charge is 0.228 e. The van der Waals surface area contributed by atoms with Gasteiger partial charge in [-0.2, -0.15) is 4.31 Å². The van der Waals surface area contributed by atoms with Crippen LogP contribution in [0, 0.1) is 0 Å². The van der Waals surface area contributed by atoms with Crippen LogP contribution in [0.1, 0.15) is 6.42 Å². The number of alkyl halides is 1. The Labute approximate surface area is 89.0 Å². The van der Waals surface area contributed by atoms with E-state index in [0.717, 1.165) is 4.31 Å². The molecule has 0 amide bonds.